The first-order chi connectivity index (χ1) is 29.8. The van der Waals surface area contributed by atoms with E-state index in [1.54, 1.807) is 0 Å². The highest BCUT2D eigenvalue weighted by Gasteiger charge is 2.21. The van der Waals surface area contributed by atoms with Crippen molar-refractivity contribution in [3.63, 3.8) is 0 Å². The first-order valence-corrected chi connectivity index (χ1v) is 20.6. The molecule has 0 fully saturated rings. The van der Waals surface area contributed by atoms with Gasteiger partial charge in [0.1, 0.15) is 22.3 Å². The number of fused-ring (bicyclic) bond motifs is 10. The van der Waals surface area contributed by atoms with E-state index in [0.29, 0.717) is 0 Å². The van der Waals surface area contributed by atoms with E-state index < -0.39 is 0 Å². The molecule has 60 heavy (non-hydrogen) atoms. The van der Waals surface area contributed by atoms with E-state index in [1.807, 2.05) is 12.1 Å². The fraction of sp³-hybridized carbons (Fsp3) is 0. The van der Waals surface area contributed by atoms with Crippen LogP contribution < -0.4 is 0 Å². The van der Waals surface area contributed by atoms with Crippen LogP contribution in [0, 0.1) is 0 Å². The molecule has 0 aliphatic rings. The van der Waals surface area contributed by atoms with Crippen molar-refractivity contribution in [3.8, 4) is 44.5 Å². The van der Waals surface area contributed by atoms with Gasteiger partial charge in [-0.1, -0.05) is 164 Å². The van der Waals surface area contributed by atoms with Crippen molar-refractivity contribution in [1.82, 2.24) is 0 Å². The van der Waals surface area contributed by atoms with Gasteiger partial charge in [0.05, 0.1) is 0 Å². The summed E-state index contributed by atoms with van der Waals surface area (Å²) in [5, 5.41) is 14.3. The smallest absolute Gasteiger partial charge is 0.136 e. The zero-order valence-electron chi connectivity index (χ0n) is 32.4. The van der Waals surface area contributed by atoms with Crippen molar-refractivity contribution in [2.24, 2.45) is 0 Å². The van der Waals surface area contributed by atoms with E-state index in [2.05, 4.69) is 194 Å². The molecule has 0 radical (unpaired) electrons. The van der Waals surface area contributed by atoms with Crippen molar-refractivity contribution in [1.29, 1.82) is 0 Å². The molecule has 2 nitrogen and oxygen atoms in total. The number of furan rings is 2. The number of hydrogen-bond acceptors (Lipinski definition) is 2. The van der Waals surface area contributed by atoms with Crippen molar-refractivity contribution in [2.45, 2.75) is 0 Å². The summed E-state index contributed by atoms with van der Waals surface area (Å²) in [4.78, 5) is 0. The topological polar surface area (TPSA) is 26.3 Å². The maximum absolute atomic E-state index is 6.73. The molecule has 11 aromatic carbocycles. The third-order valence-corrected chi connectivity index (χ3v) is 12.6. The molecule has 0 saturated heterocycles. The van der Waals surface area contributed by atoms with Crippen molar-refractivity contribution in [2.75, 3.05) is 0 Å². The fourth-order valence-corrected chi connectivity index (χ4v) is 10.1. The van der Waals surface area contributed by atoms with Gasteiger partial charge in [0.2, 0.25) is 0 Å². The Morgan fingerprint density at radius 2 is 0.500 bits per heavy atom. The molecule has 0 saturated carbocycles. The quantitative estimate of drug-likeness (QED) is 0.167. The molecule has 0 spiro atoms. The van der Waals surface area contributed by atoms with Gasteiger partial charge in [-0.05, 0) is 130 Å². The minimum absolute atomic E-state index is 0.878. The Morgan fingerprint density at radius 3 is 0.967 bits per heavy atom. The van der Waals surface area contributed by atoms with Gasteiger partial charge >= 0.3 is 0 Å². The van der Waals surface area contributed by atoms with Gasteiger partial charge in [0.25, 0.3) is 0 Å². The van der Waals surface area contributed by atoms with Gasteiger partial charge in [-0.3, -0.25) is 0 Å². The molecule has 13 rings (SSSR count). The summed E-state index contributed by atoms with van der Waals surface area (Å²) >= 11 is 0. The van der Waals surface area contributed by atoms with E-state index in [0.717, 1.165) is 49.4 Å². The molecule has 13 aromatic rings. The lowest BCUT2D eigenvalue weighted by atomic mass is 9.85. The molecule has 0 aliphatic heterocycles. The monoisotopic (exact) mass is 762 g/mol. The van der Waals surface area contributed by atoms with Crippen LogP contribution in [0.3, 0.4) is 0 Å². The maximum Gasteiger partial charge on any atom is 0.136 e. The molecular weight excluding hydrogens is 729 g/mol. The largest absolute Gasteiger partial charge is 0.456 e. The van der Waals surface area contributed by atoms with Crippen LogP contribution in [-0.2, 0) is 0 Å². The number of para-hydroxylation sites is 1. The maximum atomic E-state index is 6.73. The van der Waals surface area contributed by atoms with Gasteiger partial charge in [0, 0.05) is 21.5 Å². The summed E-state index contributed by atoms with van der Waals surface area (Å²) in [6.07, 6.45) is 0. The summed E-state index contributed by atoms with van der Waals surface area (Å²) in [7, 11) is 0. The fourth-order valence-electron chi connectivity index (χ4n) is 10.1. The van der Waals surface area contributed by atoms with Crippen LogP contribution in [-0.4, -0.2) is 0 Å². The van der Waals surface area contributed by atoms with E-state index in [4.69, 9.17) is 8.83 Å². The third kappa shape index (κ3) is 4.82. The minimum Gasteiger partial charge on any atom is -0.456 e. The van der Waals surface area contributed by atoms with Gasteiger partial charge in [-0.25, -0.2) is 0 Å². The SMILES string of the molecule is c1ccc(-c2c3ccccc3c(-c3ccc4oc5cc(-c6c7ccccc7c(-c7ccc8oc9ccccc9c8c7)c7ccccc67)ccc5c4c3)c3ccccc23)cc1. The summed E-state index contributed by atoms with van der Waals surface area (Å²) in [6, 6.07) is 74.5. The first-order valence-electron chi connectivity index (χ1n) is 20.6. The molecular formula is C58H34O2. The third-order valence-electron chi connectivity index (χ3n) is 12.6. The second-order valence-electron chi connectivity index (χ2n) is 15.9. The molecule has 0 unspecified atom stereocenters. The molecule has 0 aliphatic carbocycles. The van der Waals surface area contributed by atoms with Gasteiger partial charge in [-0.15, -0.1) is 0 Å². The van der Waals surface area contributed by atoms with Crippen molar-refractivity contribution < 1.29 is 8.83 Å². The van der Waals surface area contributed by atoms with E-state index >= 15 is 0 Å². The zero-order valence-corrected chi connectivity index (χ0v) is 32.4. The van der Waals surface area contributed by atoms with Crippen LogP contribution >= 0.6 is 0 Å². The zero-order chi connectivity index (χ0) is 39.3. The highest BCUT2D eigenvalue weighted by atomic mass is 16.3. The average molecular weight is 763 g/mol. The number of rotatable bonds is 4. The highest BCUT2D eigenvalue weighted by Crippen LogP contribution is 2.47. The van der Waals surface area contributed by atoms with Crippen LogP contribution in [0.2, 0.25) is 0 Å². The van der Waals surface area contributed by atoms with Crippen LogP contribution in [0.5, 0.6) is 0 Å². The van der Waals surface area contributed by atoms with E-state index in [-0.39, 0.29) is 0 Å². The van der Waals surface area contributed by atoms with E-state index in [1.165, 1.54) is 82.0 Å². The van der Waals surface area contributed by atoms with Crippen molar-refractivity contribution in [3.05, 3.63) is 206 Å². The number of hydrogen-bond donors (Lipinski definition) is 0. The minimum atomic E-state index is 0.878. The molecule has 0 N–H and O–H groups in total. The van der Waals surface area contributed by atoms with E-state index in [9.17, 15) is 0 Å². The standard InChI is InChI=1S/C58H34O2/c1-2-14-35(15-3-1)55-41-17-4-6-19-43(41)56(44-20-7-5-18-42(44)55)37-28-31-53-50(33-37)40-29-26-38(34-54(40)60-53)58-47-23-10-8-21-45(47)57(46-22-9-11-24-48(46)58)36-27-30-52-49(32-36)39-16-12-13-25-51(39)59-52/h1-34H. The lowest BCUT2D eigenvalue weighted by molar-refractivity contribution is 0.668. The first kappa shape index (κ1) is 33.1. The van der Waals surface area contributed by atoms with Crippen LogP contribution in [0.15, 0.2) is 215 Å². The second-order valence-corrected chi connectivity index (χ2v) is 15.9. The van der Waals surface area contributed by atoms with Gasteiger partial charge in [0.15, 0.2) is 0 Å². The second kappa shape index (κ2) is 12.8. The molecule has 2 aromatic heterocycles. The predicted octanol–water partition coefficient (Wildman–Crippen LogP) is 16.8. The molecule has 2 heterocycles. The summed E-state index contributed by atoms with van der Waals surface area (Å²) < 4.78 is 13.0. The number of benzene rings is 11. The Morgan fingerprint density at radius 1 is 0.183 bits per heavy atom. The Kier molecular flexibility index (Phi) is 7.05. The Bertz CT molecular complexity index is 3770. The van der Waals surface area contributed by atoms with Crippen LogP contribution in [0.4, 0.5) is 0 Å². The van der Waals surface area contributed by atoms with Crippen LogP contribution in [0.25, 0.3) is 131 Å². The summed E-state index contributed by atoms with van der Waals surface area (Å²) in [5.74, 6) is 0. The normalized spacial score (nSPS) is 12.0. The average Bonchev–Trinajstić information content (AvgIpc) is 3.87. The Balaban J connectivity index is 0.999. The lowest BCUT2D eigenvalue weighted by Crippen LogP contribution is -1.91. The Hall–Kier alpha value is -7.94. The molecule has 0 bridgehead atoms. The predicted molar refractivity (Wildman–Crippen MR) is 253 cm³/mol. The summed E-state index contributed by atoms with van der Waals surface area (Å²) in [5.41, 5.74) is 13.2. The van der Waals surface area contributed by atoms with Crippen molar-refractivity contribution >= 4 is 87.0 Å². The highest BCUT2D eigenvalue weighted by molar-refractivity contribution is 6.24. The van der Waals surface area contributed by atoms with Gasteiger partial charge in [-0.2, -0.15) is 0 Å². The van der Waals surface area contributed by atoms with Crippen LogP contribution in [0.1, 0.15) is 0 Å². The molecule has 278 valence electrons. The molecule has 0 amide bonds. The van der Waals surface area contributed by atoms with Gasteiger partial charge < -0.3 is 8.83 Å². The summed E-state index contributed by atoms with van der Waals surface area (Å²) in [6.45, 7) is 0. The Labute approximate surface area is 345 Å². The lowest BCUT2D eigenvalue weighted by Gasteiger charge is -2.18. The molecule has 2 heteroatoms. The molecule has 0 atom stereocenters.